The Morgan fingerprint density at radius 1 is 0.975 bits per heavy atom. The Labute approximate surface area is 233 Å². The number of aromatic hydroxyl groups is 1. The van der Waals surface area contributed by atoms with E-state index in [4.69, 9.17) is 9.15 Å². The molecule has 4 aromatic rings. The molecular weight excluding hydrogens is 534 g/mol. The lowest BCUT2D eigenvalue weighted by Gasteiger charge is -2.27. The molecule has 11 heteroatoms. The van der Waals surface area contributed by atoms with Crippen LogP contribution in [0.25, 0.3) is 11.5 Å². The first-order valence-corrected chi connectivity index (χ1v) is 13.9. The number of aryl methyl sites for hydroxylation is 2. The minimum atomic E-state index is -4.18. The maximum absolute atomic E-state index is 13.2. The fraction of sp³-hybridized carbons (Fsp3) is 0.241. The number of rotatable bonds is 12. The molecule has 0 aliphatic rings. The van der Waals surface area contributed by atoms with E-state index in [0.29, 0.717) is 30.2 Å². The smallest absolute Gasteiger partial charge is 0.318 e. The number of oxazole rings is 1. The summed E-state index contributed by atoms with van der Waals surface area (Å²) in [5.74, 6) is 0.580. The number of carbonyl (C=O) groups is 1. The van der Waals surface area contributed by atoms with Gasteiger partial charge in [0.15, 0.2) is 0 Å². The standard InChI is InChI=1S/C29H31N3O7S/c1-20-4-8-23(9-5-20)29-30-27(21(2)39-29)16-17-38-26-14-6-22(7-15-26)18-32(19-28(34)35)40(36,37)31(3)24-10-12-25(33)13-11-24/h4-15,33H,16-19H2,1-3H3,(H,34,35). The molecule has 0 fully saturated rings. The molecule has 0 unspecified atom stereocenters. The van der Waals surface area contributed by atoms with Gasteiger partial charge in [-0.25, -0.2) is 4.98 Å². The summed E-state index contributed by atoms with van der Waals surface area (Å²) >= 11 is 0. The quantitative estimate of drug-likeness (QED) is 0.256. The molecule has 0 saturated heterocycles. The van der Waals surface area contributed by atoms with Crippen LogP contribution in [0.15, 0.2) is 77.2 Å². The summed E-state index contributed by atoms with van der Waals surface area (Å²) in [6.45, 7) is 3.37. The lowest BCUT2D eigenvalue weighted by Crippen LogP contribution is -2.44. The maximum Gasteiger partial charge on any atom is 0.318 e. The highest BCUT2D eigenvalue weighted by molar-refractivity contribution is 7.90. The summed E-state index contributed by atoms with van der Waals surface area (Å²) in [6.07, 6.45) is 0.539. The maximum atomic E-state index is 13.2. The monoisotopic (exact) mass is 565 g/mol. The highest BCUT2D eigenvalue weighted by Gasteiger charge is 2.29. The van der Waals surface area contributed by atoms with Crippen LogP contribution in [0.2, 0.25) is 0 Å². The van der Waals surface area contributed by atoms with Crippen molar-refractivity contribution >= 4 is 21.9 Å². The van der Waals surface area contributed by atoms with Crippen molar-refractivity contribution < 1.29 is 32.6 Å². The topological polar surface area (TPSA) is 133 Å². The largest absolute Gasteiger partial charge is 0.508 e. The lowest BCUT2D eigenvalue weighted by atomic mass is 10.1. The normalized spacial score (nSPS) is 11.5. The van der Waals surface area contributed by atoms with Crippen LogP contribution in [0.4, 0.5) is 5.69 Å². The van der Waals surface area contributed by atoms with E-state index in [1.54, 1.807) is 24.3 Å². The Morgan fingerprint density at radius 2 is 1.62 bits per heavy atom. The van der Waals surface area contributed by atoms with Crippen LogP contribution < -0.4 is 9.04 Å². The van der Waals surface area contributed by atoms with Crippen molar-refractivity contribution in [3.05, 3.63) is 95.4 Å². The second kappa shape index (κ2) is 12.2. The zero-order valence-corrected chi connectivity index (χ0v) is 23.3. The SMILES string of the molecule is Cc1ccc(-c2nc(CCOc3ccc(CN(CC(=O)O)S(=O)(=O)N(C)c4ccc(O)cc4)cc3)c(C)o2)cc1. The van der Waals surface area contributed by atoms with Gasteiger partial charge in [0, 0.05) is 25.6 Å². The number of hydrogen-bond acceptors (Lipinski definition) is 7. The molecule has 0 spiro atoms. The summed E-state index contributed by atoms with van der Waals surface area (Å²) in [4.78, 5) is 16.1. The molecule has 2 N–H and O–H groups in total. The van der Waals surface area contributed by atoms with E-state index in [2.05, 4.69) is 4.98 Å². The first-order valence-electron chi connectivity index (χ1n) is 12.5. The van der Waals surface area contributed by atoms with Gasteiger partial charge in [-0.15, -0.1) is 0 Å². The Kier molecular flexibility index (Phi) is 8.76. The van der Waals surface area contributed by atoms with E-state index in [1.807, 2.05) is 38.1 Å². The van der Waals surface area contributed by atoms with Gasteiger partial charge in [0.1, 0.15) is 23.8 Å². The minimum absolute atomic E-state index is 0.0117. The van der Waals surface area contributed by atoms with E-state index < -0.39 is 22.7 Å². The van der Waals surface area contributed by atoms with Gasteiger partial charge in [0.25, 0.3) is 0 Å². The van der Waals surface area contributed by atoms with E-state index in [1.165, 1.54) is 31.3 Å². The molecule has 1 aromatic heterocycles. The first kappa shape index (κ1) is 28.7. The van der Waals surface area contributed by atoms with Gasteiger partial charge in [0.2, 0.25) is 5.89 Å². The average Bonchev–Trinajstić information content (AvgIpc) is 3.29. The molecule has 0 amide bonds. The highest BCUT2D eigenvalue weighted by Crippen LogP contribution is 2.24. The summed E-state index contributed by atoms with van der Waals surface area (Å²) in [6, 6.07) is 20.3. The summed E-state index contributed by atoms with van der Waals surface area (Å²) in [5.41, 5.74) is 3.74. The molecule has 3 aromatic carbocycles. The number of hydrogen-bond donors (Lipinski definition) is 2. The van der Waals surface area contributed by atoms with Gasteiger partial charge < -0.3 is 19.4 Å². The number of phenols is 1. The first-order chi connectivity index (χ1) is 19.0. The Balaban J connectivity index is 1.38. The number of carboxylic acid groups (broad SMARTS) is 1. The van der Waals surface area contributed by atoms with E-state index in [-0.39, 0.29) is 18.0 Å². The highest BCUT2D eigenvalue weighted by atomic mass is 32.2. The third kappa shape index (κ3) is 6.99. The Morgan fingerprint density at radius 3 is 2.25 bits per heavy atom. The fourth-order valence-corrected chi connectivity index (χ4v) is 5.30. The van der Waals surface area contributed by atoms with Crippen LogP contribution >= 0.6 is 0 Å². The van der Waals surface area contributed by atoms with Crippen molar-refractivity contribution in [1.29, 1.82) is 0 Å². The molecule has 4 rings (SSSR count). The summed E-state index contributed by atoms with van der Waals surface area (Å²) < 4.78 is 40.0. The van der Waals surface area contributed by atoms with Gasteiger partial charge in [-0.2, -0.15) is 12.7 Å². The summed E-state index contributed by atoms with van der Waals surface area (Å²) in [7, 11) is -2.86. The minimum Gasteiger partial charge on any atom is -0.508 e. The van der Waals surface area contributed by atoms with E-state index in [0.717, 1.165) is 31.2 Å². The number of anilines is 1. The van der Waals surface area contributed by atoms with E-state index in [9.17, 15) is 23.4 Å². The van der Waals surface area contributed by atoms with Gasteiger partial charge in [-0.3, -0.25) is 9.10 Å². The van der Waals surface area contributed by atoms with Gasteiger partial charge in [-0.1, -0.05) is 29.8 Å². The number of ether oxygens (including phenoxy) is 1. The lowest BCUT2D eigenvalue weighted by molar-refractivity contribution is -0.137. The zero-order chi connectivity index (χ0) is 28.9. The van der Waals surface area contributed by atoms with Gasteiger partial charge in [0.05, 0.1) is 18.0 Å². The molecule has 1 heterocycles. The predicted octanol–water partition coefficient (Wildman–Crippen LogP) is 4.55. The molecule has 0 saturated carbocycles. The summed E-state index contributed by atoms with van der Waals surface area (Å²) in [5, 5.41) is 18.8. The van der Waals surface area contributed by atoms with Crippen LogP contribution in [0.3, 0.4) is 0 Å². The number of aliphatic carboxylic acids is 1. The van der Waals surface area contributed by atoms with Crippen LogP contribution in [0, 0.1) is 13.8 Å². The third-order valence-electron chi connectivity index (χ3n) is 6.28. The number of nitrogens with zero attached hydrogens (tertiary/aromatic N) is 3. The van der Waals surface area contributed by atoms with Crippen LogP contribution in [0.1, 0.15) is 22.6 Å². The molecule has 10 nitrogen and oxygen atoms in total. The third-order valence-corrected chi connectivity index (χ3v) is 8.09. The Bertz CT molecular complexity index is 1550. The molecule has 0 bridgehead atoms. The average molecular weight is 566 g/mol. The van der Waals surface area contributed by atoms with E-state index >= 15 is 0 Å². The second-order valence-corrected chi connectivity index (χ2v) is 11.2. The van der Waals surface area contributed by atoms with Crippen molar-refractivity contribution in [3.8, 4) is 23.0 Å². The molecule has 0 atom stereocenters. The molecular formula is C29H31N3O7S. The van der Waals surface area contributed by atoms with Crippen LogP contribution in [0.5, 0.6) is 11.5 Å². The number of carboxylic acids is 1. The number of aromatic nitrogens is 1. The second-order valence-electron chi connectivity index (χ2n) is 9.28. The van der Waals surface area contributed by atoms with Crippen LogP contribution in [-0.2, 0) is 28.0 Å². The van der Waals surface area contributed by atoms with Crippen LogP contribution in [-0.4, -0.2) is 54.1 Å². The predicted molar refractivity (Wildman–Crippen MR) is 151 cm³/mol. The van der Waals surface area contributed by atoms with Gasteiger partial charge >= 0.3 is 16.2 Å². The molecule has 210 valence electrons. The zero-order valence-electron chi connectivity index (χ0n) is 22.4. The number of phenolic OH excluding ortho intramolecular Hbond substituents is 1. The molecule has 0 radical (unpaired) electrons. The van der Waals surface area contributed by atoms with Crippen molar-refractivity contribution in [2.75, 3.05) is 24.5 Å². The van der Waals surface area contributed by atoms with Crippen molar-refractivity contribution in [2.45, 2.75) is 26.8 Å². The Hall–Kier alpha value is -4.35. The van der Waals surface area contributed by atoms with Crippen molar-refractivity contribution in [3.63, 3.8) is 0 Å². The van der Waals surface area contributed by atoms with Gasteiger partial charge in [-0.05, 0) is 67.9 Å². The van der Waals surface area contributed by atoms with Crippen molar-refractivity contribution in [1.82, 2.24) is 9.29 Å². The molecule has 40 heavy (non-hydrogen) atoms. The molecule has 0 aliphatic heterocycles. The number of benzene rings is 3. The fourth-order valence-electron chi connectivity index (χ4n) is 3.98. The molecule has 0 aliphatic carbocycles. The van der Waals surface area contributed by atoms with Crippen molar-refractivity contribution in [2.24, 2.45) is 0 Å².